The highest BCUT2D eigenvalue weighted by atomic mass is 16.6. The fourth-order valence-electron chi connectivity index (χ4n) is 8.65. The summed E-state index contributed by atoms with van der Waals surface area (Å²) in [4.78, 5) is 38.2. The second kappa shape index (κ2) is 59.4. The van der Waals surface area contributed by atoms with Crippen LogP contribution in [0.4, 0.5) is 0 Å². The highest BCUT2D eigenvalue weighted by molar-refractivity contribution is 5.71. The van der Waals surface area contributed by atoms with E-state index in [9.17, 15) is 14.4 Å². The maximum absolute atomic E-state index is 12.9. The Hall–Kier alpha value is -3.15. The van der Waals surface area contributed by atoms with Crippen molar-refractivity contribution >= 4 is 17.9 Å². The summed E-state index contributed by atoms with van der Waals surface area (Å²) < 4.78 is 16.9. The monoisotopic (exact) mass is 991 g/mol. The molecule has 0 amide bonds. The molecular weight excluding hydrogens is 877 g/mol. The van der Waals surface area contributed by atoms with Crippen molar-refractivity contribution in [2.24, 2.45) is 0 Å². The summed E-state index contributed by atoms with van der Waals surface area (Å²) in [5.74, 6) is -0.940. The van der Waals surface area contributed by atoms with Crippen LogP contribution in [-0.2, 0) is 28.6 Å². The molecule has 0 saturated heterocycles. The number of allylic oxidation sites excluding steroid dienone is 12. The van der Waals surface area contributed by atoms with Crippen LogP contribution in [0.1, 0.15) is 303 Å². The molecule has 0 aromatic carbocycles. The fourth-order valence-corrected chi connectivity index (χ4v) is 8.65. The lowest BCUT2D eigenvalue weighted by Crippen LogP contribution is -2.30. The van der Waals surface area contributed by atoms with Crippen LogP contribution < -0.4 is 0 Å². The van der Waals surface area contributed by atoms with Gasteiger partial charge in [-0.05, 0) is 83.5 Å². The Morgan fingerprint density at radius 3 is 0.930 bits per heavy atom. The van der Waals surface area contributed by atoms with Crippen LogP contribution in [0.2, 0.25) is 0 Å². The zero-order valence-corrected chi connectivity index (χ0v) is 47.0. The molecule has 0 aliphatic heterocycles. The van der Waals surface area contributed by atoms with Crippen LogP contribution in [0.25, 0.3) is 0 Å². The quantitative estimate of drug-likeness (QED) is 0.0261. The topological polar surface area (TPSA) is 78.9 Å². The van der Waals surface area contributed by atoms with Gasteiger partial charge in [0, 0.05) is 19.3 Å². The predicted octanol–water partition coefficient (Wildman–Crippen LogP) is 20.5. The van der Waals surface area contributed by atoms with E-state index in [4.69, 9.17) is 14.2 Å². The molecular formula is C65H114O6. The molecule has 0 fully saturated rings. The molecule has 1 atom stereocenters. The Bertz CT molecular complexity index is 1320. The van der Waals surface area contributed by atoms with Gasteiger partial charge in [0.25, 0.3) is 0 Å². The molecule has 0 N–H and O–H groups in total. The number of carbonyl (C=O) groups excluding carboxylic acids is 3. The van der Waals surface area contributed by atoms with Crippen molar-refractivity contribution in [1.82, 2.24) is 0 Å². The second-order valence-electron chi connectivity index (χ2n) is 20.2. The third-order valence-electron chi connectivity index (χ3n) is 13.2. The summed E-state index contributed by atoms with van der Waals surface area (Å²) in [5.41, 5.74) is 0. The summed E-state index contributed by atoms with van der Waals surface area (Å²) in [6.45, 7) is 6.51. The number of hydrogen-bond acceptors (Lipinski definition) is 6. The number of unbranched alkanes of at least 4 members (excludes halogenated alkanes) is 32. The van der Waals surface area contributed by atoms with Crippen LogP contribution in [0, 0.1) is 0 Å². The zero-order chi connectivity index (χ0) is 51.4. The number of rotatable bonds is 55. The lowest BCUT2D eigenvalue weighted by atomic mass is 10.0. The van der Waals surface area contributed by atoms with Gasteiger partial charge in [0.1, 0.15) is 13.2 Å². The average Bonchev–Trinajstić information content (AvgIpc) is 3.37. The van der Waals surface area contributed by atoms with Crippen molar-refractivity contribution in [2.45, 2.75) is 309 Å². The lowest BCUT2D eigenvalue weighted by molar-refractivity contribution is -0.167. The molecule has 0 heterocycles. The first kappa shape index (κ1) is 67.8. The van der Waals surface area contributed by atoms with E-state index in [0.717, 1.165) is 77.0 Å². The van der Waals surface area contributed by atoms with E-state index in [1.165, 1.54) is 180 Å². The summed E-state index contributed by atoms with van der Waals surface area (Å²) in [7, 11) is 0. The Morgan fingerprint density at radius 2 is 0.563 bits per heavy atom. The first-order valence-corrected chi connectivity index (χ1v) is 30.4. The smallest absolute Gasteiger partial charge is 0.306 e. The molecule has 6 heteroatoms. The number of hydrogen-bond donors (Lipinski definition) is 0. The predicted molar refractivity (Wildman–Crippen MR) is 307 cm³/mol. The van der Waals surface area contributed by atoms with Gasteiger partial charge in [-0.3, -0.25) is 14.4 Å². The van der Waals surface area contributed by atoms with E-state index < -0.39 is 6.10 Å². The van der Waals surface area contributed by atoms with E-state index in [0.29, 0.717) is 19.3 Å². The minimum absolute atomic E-state index is 0.0909. The third kappa shape index (κ3) is 57.6. The minimum atomic E-state index is -0.798. The first-order chi connectivity index (χ1) is 35.0. The van der Waals surface area contributed by atoms with Crippen molar-refractivity contribution < 1.29 is 28.6 Å². The van der Waals surface area contributed by atoms with Gasteiger partial charge in [-0.2, -0.15) is 0 Å². The van der Waals surface area contributed by atoms with Crippen molar-refractivity contribution in [1.29, 1.82) is 0 Å². The van der Waals surface area contributed by atoms with E-state index in [2.05, 4.69) is 93.7 Å². The highest BCUT2D eigenvalue weighted by Crippen LogP contribution is 2.16. The van der Waals surface area contributed by atoms with Crippen LogP contribution in [0.3, 0.4) is 0 Å². The molecule has 6 nitrogen and oxygen atoms in total. The van der Waals surface area contributed by atoms with E-state index in [1.807, 2.05) is 0 Å². The van der Waals surface area contributed by atoms with Gasteiger partial charge < -0.3 is 14.2 Å². The maximum Gasteiger partial charge on any atom is 0.306 e. The normalized spacial score (nSPS) is 12.5. The highest BCUT2D eigenvalue weighted by Gasteiger charge is 2.19. The average molecular weight is 992 g/mol. The largest absolute Gasteiger partial charge is 0.462 e. The summed E-state index contributed by atoms with van der Waals surface area (Å²) >= 11 is 0. The Labute approximate surface area is 440 Å². The van der Waals surface area contributed by atoms with Crippen molar-refractivity contribution in [3.05, 3.63) is 72.9 Å². The molecule has 0 saturated carbocycles. The van der Waals surface area contributed by atoms with Gasteiger partial charge in [0.15, 0.2) is 6.10 Å². The molecule has 410 valence electrons. The SMILES string of the molecule is CC/C=C\C/C=C\C/C=C\C/C=C\C/C=C\CCCC(=O)OC[C@H](COC(=O)CCCCCCCCCCCCCCCCCCC)OC(=O)CCCCCCCCCCC/C=C\CCCCCCCC. The van der Waals surface area contributed by atoms with E-state index in [-0.39, 0.29) is 37.5 Å². The molecule has 0 aromatic heterocycles. The molecule has 0 aromatic rings. The van der Waals surface area contributed by atoms with Crippen LogP contribution >= 0.6 is 0 Å². The molecule has 0 aliphatic rings. The van der Waals surface area contributed by atoms with Gasteiger partial charge in [-0.1, -0.05) is 273 Å². The molecule has 0 radical (unpaired) electrons. The molecule has 71 heavy (non-hydrogen) atoms. The Morgan fingerprint density at radius 1 is 0.296 bits per heavy atom. The first-order valence-electron chi connectivity index (χ1n) is 30.4. The summed E-state index contributed by atoms with van der Waals surface area (Å²) in [6, 6.07) is 0. The van der Waals surface area contributed by atoms with Crippen LogP contribution in [0.5, 0.6) is 0 Å². The van der Waals surface area contributed by atoms with E-state index in [1.54, 1.807) is 0 Å². The fraction of sp³-hybridized carbons (Fsp3) is 0.769. The number of ether oxygens (including phenoxy) is 3. The third-order valence-corrected chi connectivity index (χ3v) is 13.2. The summed E-state index contributed by atoms with van der Waals surface area (Å²) in [6.07, 6.45) is 76.2. The second-order valence-corrected chi connectivity index (χ2v) is 20.2. The molecule has 0 unspecified atom stereocenters. The van der Waals surface area contributed by atoms with E-state index >= 15 is 0 Å². The van der Waals surface area contributed by atoms with Crippen LogP contribution in [0.15, 0.2) is 72.9 Å². The molecule has 0 bridgehead atoms. The van der Waals surface area contributed by atoms with Crippen molar-refractivity contribution in [3.63, 3.8) is 0 Å². The van der Waals surface area contributed by atoms with Gasteiger partial charge in [-0.25, -0.2) is 0 Å². The molecule has 0 aliphatic carbocycles. The summed E-state index contributed by atoms with van der Waals surface area (Å²) in [5, 5.41) is 0. The number of carbonyl (C=O) groups is 3. The maximum atomic E-state index is 12.9. The van der Waals surface area contributed by atoms with Gasteiger partial charge >= 0.3 is 17.9 Å². The van der Waals surface area contributed by atoms with Gasteiger partial charge in [0.05, 0.1) is 0 Å². The lowest BCUT2D eigenvalue weighted by Gasteiger charge is -2.18. The van der Waals surface area contributed by atoms with Crippen molar-refractivity contribution in [2.75, 3.05) is 13.2 Å². The van der Waals surface area contributed by atoms with Crippen molar-refractivity contribution in [3.8, 4) is 0 Å². The molecule has 0 spiro atoms. The Kier molecular flexibility index (Phi) is 56.8. The standard InChI is InChI=1S/C65H114O6/c1-4-7-10-13-16-19-22-25-28-31-32-35-38-41-44-47-50-53-56-59-65(68)71-62(60-69-63(66)57-54-51-48-45-42-39-36-33-29-26-23-20-17-14-11-8-5-2)61-70-64(67)58-55-52-49-46-43-40-37-34-30-27-24-21-18-15-12-9-6-3/h8,11,17,20,25-26,28-29,36,39,45,48,62H,4-7,9-10,12-16,18-19,21-24,27,30-35,37-38,40-44,46-47,49-61H2,1-3H3/b11-8-,20-17-,28-25-,29-26-,39-36-,48-45-/t62-/m1/s1. The number of esters is 3. The van der Waals surface area contributed by atoms with Crippen LogP contribution in [-0.4, -0.2) is 37.2 Å². The Balaban J connectivity index is 4.43. The zero-order valence-electron chi connectivity index (χ0n) is 47.0. The minimum Gasteiger partial charge on any atom is -0.462 e. The van der Waals surface area contributed by atoms with Gasteiger partial charge in [0.2, 0.25) is 0 Å². The molecule has 0 rings (SSSR count). The van der Waals surface area contributed by atoms with Gasteiger partial charge in [-0.15, -0.1) is 0 Å².